The topological polar surface area (TPSA) is 56.7 Å². The Kier molecular flexibility index (Phi) is 7.07. The van der Waals surface area contributed by atoms with Crippen molar-refractivity contribution in [3.05, 3.63) is 46.8 Å². The van der Waals surface area contributed by atoms with Crippen LogP contribution < -0.4 is 10.6 Å². The summed E-state index contributed by atoms with van der Waals surface area (Å²) in [6.45, 7) is 1.11. The van der Waals surface area contributed by atoms with Gasteiger partial charge >= 0.3 is 0 Å². The molecule has 0 amide bonds. The Morgan fingerprint density at radius 2 is 2.17 bits per heavy atom. The standard InChI is InChI=1S/C18H26FN3O/c1-20-18(21-10-9-14-5-3-2-4-6-14)22-12-15-7-8-17(19)16(11-15)13-23/h5,7-8,11,23H,2-4,6,9-10,12-13H2,1H3,(H2,20,21,22). The average molecular weight is 319 g/mol. The van der Waals surface area contributed by atoms with E-state index in [9.17, 15) is 4.39 Å². The number of hydrogen-bond acceptors (Lipinski definition) is 2. The Balaban J connectivity index is 1.77. The summed E-state index contributed by atoms with van der Waals surface area (Å²) in [7, 11) is 1.74. The first kappa shape index (κ1) is 17.5. The summed E-state index contributed by atoms with van der Waals surface area (Å²) in [6, 6.07) is 4.76. The Bertz CT molecular complexity index is 569. The number of nitrogens with zero attached hydrogens (tertiary/aromatic N) is 1. The molecule has 0 bridgehead atoms. The third-order valence-electron chi connectivity index (χ3n) is 4.09. The highest BCUT2D eigenvalue weighted by Gasteiger charge is 2.05. The SMILES string of the molecule is CN=C(NCCC1=CCCCC1)NCc1ccc(F)c(CO)c1. The molecule has 0 spiro atoms. The number of halogens is 1. The minimum absolute atomic E-state index is 0.290. The summed E-state index contributed by atoms with van der Waals surface area (Å²) < 4.78 is 13.4. The highest BCUT2D eigenvalue weighted by Crippen LogP contribution is 2.19. The second kappa shape index (κ2) is 9.30. The molecule has 0 saturated heterocycles. The number of hydrogen-bond donors (Lipinski definition) is 3. The predicted octanol–water partition coefficient (Wildman–Crippen LogP) is 2.87. The minimum Gasteiger partial charge on any atom is -0.392 e. The van der Waals surface area contributed by atoms with E-state index in [0.29, 0.717) is 12.1 Å². The molecule has 0 heterocycles. The first-order valence-corrected chi connectivity index (χ1v) is 8.23. The van der Waals surface area contributed by atoms with Gasteiger partial charge in [0, 0.05) is 25.7 Å². The van der Waals surface area contributed by atoms with Gasteiger partial charge < -0.3 is 15.7 Å². The van der Waals surface area contributed by atoms with Crippen LogP contribution in [0.25, 0.3) is 0 Å². The van der Waals surface area contributed by atoms with E-state index in [0.717, 1.165) is 24.5 Å². The number of benzene rings is 1. The fourth-order valence-electron chi connectivity index (χ4n) is 2.74. The molecule has 1 aliphatic rings. The molecule has 2 rings (SSSR count). The van der Waals surface area contributed by atoms with E-state index in [1.807, 2.05) is 0 Å². The maximum atomic E-state index is 13.4. The Hall–Kier alpha value is -1.88. The van der Waals surface area contributed by atoms with E-state index in [1.54, 1.807) is 19.2 Å². The zero-order valence-corrected chi connectivity index (χ0v) is 13.7. The van der Waals surface area contributed by atoms with Crippen molar-refractivity contribution in [1.82, 2.24) is 10.6 Å². The van der Waals surface area contributed by atoms with Gasteiger partial charge in [0.1, 0.15) is 5.82 Å². The van der Waals surface area contributed by atoms with Gasteiger partial charge in [0.05, 0.1) is 6.61 Å². The van der Waals surface area contributed by atoms with E-state index in [1.165, 1.54) is 37.3 Å². The van der Waals surface area contributed by atoms with Gasteiger partial charge in [-0.25, -0.2) is 4.39 Å². The zero-order chi connectivity index (χ0) is 16.5. The zero-order valence-electron chi connectivity index (χ0n) is 13.7. The molecule has 0 radical (unpaired) electrons. The number of nitrogens with one attached hydrogen (secondary N) is 2. The third kappa shape index (κ3) is 5.67. The van der Waals surface area contributed by atoms with Gasteiger partial charge in [-0.3, -0.25) is 4.99 Å². The fourth-order valence-corrected chi connectivity index (χ4v) is 2.74. The number of guanidine groups is 1. The summed E-state index contributed by atoms with van der Waals surface area (Å²) >= 11 is 0. The fraction of sp³-hybridized carbons (Fsp3) is 0.500. The van der Waals surface area contributed by atoms with Crippen molar-refractivity contribution in [3.63, 3.8) is 0 Å². The van der Waals surface area contributed by atoms with Crippen LogP contribution in [0.2, 0.25) is 0 Å². The lowest BCUT2D eigenvalue weighted by molar-refractivity contribution is 0.275. The molecule has 0 aromatic heterocycles. The Morgan fingerprint density at radius 3 is 2.87 bits per heavy atom. The molecule has 0 saturated carbocycles. The molecule has 0 unspecified atom stereocenters. The highest BCUT2D eigenvalue weighted by atomic mass is 19.1. The Morgan fingerprint density at radius 1 is 1.30 bits per heavy atom. The van der Waals surface area contributed by atoms with Crippen molar-refractivity contribution in [2.75, 3.05) is 13.6 Å². The number of aliphatic hydroxyl groups is 1. The summed E-state index contributed by atoms with van der Waals surface area (Å²) in [5.41, 5.74) is 2.76. The van der Waals surface area contributed by atoms with Crippen LogP contribution in [0.4, 0.5) is 4.39 Å². The number of aliphatic hydroxyl groups excluding tert-OH is 1. The van der Waals surface area contributed by atoms with Crippen molar-refractivity contribution in [2.24, 2.45) is 4.99 Å². The van der Waals surface area contributed by atoms with Gasteiger partial charge in [0.25, 0.3) is 0 Å². The first-order valence-electron chi connectivity index (χ1n) is 8.23. The largest absolute Gasteiger partial charge is 0.392 e. The van der Waals surface area contributed by atoms with Crippen molar-refractivity contribution in [3.8, 4) is 0 Å². The lowest BCUT2D eigenvalue weighted by atomic mass is 9.97. The van der Waals surface area contributed by atoms with Gasteiger partial charge in [0.2, 0.25) is 0 Å². The molecule has 1 aliphatic carbocycles. The first-order chi connectivity index (χ1) is 11.2. The van der Waals surface area contributed by atoms with Crippen LogP contribution in [0.3, 0.4) is 0 Å². The molecular weight excluding hydrogens is 293 g/mol. The number of aliphatic imine (C=N–C) groups is 1. The van der Waals surface area contributed by atoms with E-state index >= 15 is 0 Å². The molecule has 23 heavy (non-hydrogen) atoms. The Labute approximate surface area is 137 Å². The van der Waals surface area contributed by atoms with E-state index in [4.69, 9.17) is 5.11 Å². The predicted molar refractivity (Wildman–Crippen MR) is 91.7 cm³/mol. The van der Waals surface area contributed by atoms with Gasteiger partial charge in [-0.15, -0.1) is 0 Å². The molecule has 0 fully saturated rings. The van der Waals surface area contributed by atoms with Crippen LogP contribution in [-0.2, 0) is 13.2 Å². The highest BCUT2D eigenvalue weighted by molar-refractivity contribution is 5.79. The van der Waals surface area contributed by atoms with Crippen LogP contribution in [0, 0.1) is 5.82 Å². The molecule has 0 aliphatic heterocycles. The van der Waals surface area contributed by atoms with E-state index < -0.39 is 0 Å². The van der Waals surface area contributed by atoms with Crippen molar-refractivity contribution < 1.29 is 9.50 Å². The molecule has 126 valence electrons. The summed E-state index contributed by atoms with van der Waals surface area (Å²) in [4.78, 5) is 4.20. The smallest absolute Gasteiger partial charge is 0.191 e. The van der Waals surface area contributed by atoms with Crippen LogP contribution in [0.1, 0.15) is 43.2 Å². The lowest BCUT2D eigenvalue weighted by Gasteiger charge is -2.15. The quantitative estimate of drug-likeness (QED) is 0.429. The van der Waals surface area contributed by atoms with Crippen LogP contribution in [-0.4, -0.2) is 24.7 Å². The molecular formula is C18H26FN3O. The van der Waals surface area contributed by atoms with Crippen LogP contribution >= 0.6 is 0 Å². The van der Waals surface area contributed by atoms with Crippen molar-refractivity contribution >= 4 is 5.96 Å². The molecule has 1 aromatic rings. The van der Waals surface area contributed by atoms with Gasteiger partial charge in [-0.05, 0) is 49.8 Å². The number of allylic oxidation sites excluding steroid dienone is 1. The van der Waals surface area contributed by atoms with Gasteiger partial charge in [-0.1, -0.05) is 17.7 Å². The molecule has 5 heteroatoms. The second-order valence-electron chi connectivity index (χ2n) is 5.79. The van der Waals surface area contributed by atoms with Crippen LogP contribution in [0.15, 0.2) is 34.8 Å². The summed E-state index contributed by atoms with van der Waals surface area (Å²) in [6.07, 6.45) is 8.44. The lowest BCUT2D eigenvalue weighted by Crippen LogP contribution is -2.37. The van der Waals surface area contributed by atoms with Gasteiger partial charge in [-0.2, -0.15) is 0 Å². The normalized spacial score (nSPS) is 15.3. The minimum atomic E-state index is -0.375. The molecule has 0 atom stereocenters. The monoisotopic (exact) mass is 319 g/mol. The number of rotatable bonds is 6. The molecule has 1 aromatic carbocycles. The summed E-state index contributed by atoms with van der Waals surface area (Å²) in [5, 5.41) is 15.6. The second-order valence-corrected chi connectivity index (χ2v) is 5.79. The maximum Gasteiger partial charge on any atom is 0.191 e. The van der Waals surface area contributed by atoms with Crippen molar-refractivity contribution in [1.29, 1.82) is 0 Å². The maximum absolute atomic E-state index is 13.4. The molecule has 3 N–H and O–H groups in total. The molecule has 4 nitrogen and oxygen atoms in total. The van der Waals surface area contributed by atoms with E-state index in [2.05, 4.69) is 21.7 Å². The van der Waals surface area contributed by atoms with Gasteiger partial charge in [0.15, 0.2) is 5.96 Å². The third-order valence-corrected chi connectivity index (χ3v) is 4.09. The average Bonchev–Trinajstić information content (AvgIpc) is 2.60. The van der Waals surface area contributed by atoms with E-state index in [-0.39, 0.29) is 12.4 Å². The summed E-state index contributed by atoms with van der Waals surface area (Å²) in [5.74, 6) is 0.357. The van der Waals surface area contributed by atoms with Crippen LogP contribution in [0.5, 0.6) is 0 Å². The van der Waals surface area contributed by atoms with Crippen molar-refractivity contribution in [2.45, 2.75) is 45.3 Å².